The van der Waals surface area contributed by atoms with Crippen molar-refractivity contribution in [2.45, 2.75) is 52.1 Å². The minimum absolute atomic E-state index is 0.303. The summed E-state index contributed by atoms with van der Waals surface area (Å²) in [6.07, 6.45) is 5.26. The molecular formula is C17H27NO. The molecule has 1 aromatic carbocycles. The maximum absolute atomic E-state index is 10.4. The molecule has 106 valence electrons. The smallest absolute Gasteiger partial charge is 0.0792 e. The summed E-state index contributed by atoms with van der Waals surface area (Å²) in [5.41, 5.74) is 3.83. The largest absolute Gasteiger partial charge is 0.388 e. The Morgan fingerprint density at radius 2 is 2.00 bits per heavy atom. The number of rotatable bonds is 5. The van der Waals surface area contributed by atoms with Crippen LogP contribution in [0.1, 0.15) is 56.8 Å². The van der Waals surface area contributed by atoms with Crippen LogP contribution in [0.5, 0.6) is 0 Å². The summed E-state index contributed by atoms with van der Waals surface area (Å²) in [5.74, 6) is 0.633. The van der Waals surface area contributed by atoms with Gasteiger partial charge in [0.15, 0.2) is 0 Å². The van der Waals surface area contributed by atoms with E-state index < -0.39 is 0 Å². The molecule has 1 N–H and O–H groups in total. The Kier molecular flexibility index (Phi) is 4.87. The highest BCUT2D eigenvalue weighted by Crippen LogP contribution is 2.31. The number of aliphatic hydroxyl groups excluding tert-OH is 1. The Hall–Kier alpha value is -1.02. The second kappa shape index (κ2) is 6.42. The maximum Gasteiger partial charge on any atom is 0.0792 e. The number of aliphatic hydroxyl groups is 1. The van der Waals surface area contributed by atoms with Crippen LogP contribution in [0.15, 0.2) is 18.2 Å². The Labute approximate surface area is 117 Å². The first-order chi connectivity index (χ1) is 9.15. The topological polar surface area (TPSA) is 23.5 Å². The third-order valence-corrected chi connectivity index (χ3v) is 4.55. The van der Waals surface area contributed by atoms with E-state index in [2.05, 4.69) is 44.0 Å². The van der Waals surface area contributed by atoms with Crippen molar-refractivity contribution in [3.8, 4) is 0 Å². The van der Waals surface area contributed by atoms with E-state index in [-0.39, 0.29) is 6.10 Å². The van der Waals surface area contributed by atoms with Gasteiger partial charge in [0, 0.05) is 19.3 Å². The minimum atomic E-state index is -0.303. The van der Waals surface area contributed by atoms with Gasteiger partial charge in [0.25, 0.3) is 0 Å². The molecule has 19 heavy (non-hydrogen) atoms. The van der Waals surface area contributed by atoms with E-state index in [1.165, 1.54) is 17.7 Å². The van der Waals surface area contributed by atoms with Crippen LogP contribution in [-0.4, -0.2) is 18.7 Å². The lowest BCUT2D eigenvalue weighted by Gasteiger charge is -2.28. The molecule has 0 saturated carbocycles. The van der Waals surface area contributed by atoms with E-state index in [0.717, 1.165) is 37.8 Å². The molecule has 0 aromatic heterocycles. The molecule has 2 rings (SSSR count). The van der Waals surface area contributed by atoms with Gasteiger partial charge in [0.05, 0.1) is 6.10 Å². The highest BCUT2D eigenvalue weighted by Gasteiger charge is 2.18. The Balaban J connectivity index is 2.13. The van der Waals surface area contributed by atoms with Crippen molar-refractivity contribution in [1.29, 1.82) is 0 Å². The molecule has 0 fully saturated rings. The quantitative estimate of drug-likeness (QED) is 0.868. The Morgan fingerprint density at radius 1 is 1.26 bits per heavy atom. The van der Waals surface area contributed by atoms with Gasteiger partial charge < -0.3 is 10.0 Å². The number of hydrogen-bond donors (Lipinski definition) is 1. The summed E-state index contributed by atoms with van der Waals surface area (Å²) in [4.78, 5) is 2.32. The second-order valence-corrected chi connectivity index (χ2v) is 5.85. The zero-order valence-electron chi connectivity index (χ0n) is 12.5. The Bertz CT molecular complexity index is 412. The van der Waals surface area contributed by atoms with Crippen LogP contribution < -0.4 is 4.90 Å². The number of anilines is 1. The van der Waals surface area contributed by atoms with E-state index in [4.69, 9.17) is 0 Å². The summed E-state index contributed by atoms with van der Waals surface area (Å²) < 4.78 is 0. The van der Waals surface area contributed by atoms with Crippen LogP contribution in [0.2, 0.25) is 0 Å². The molecule has 0 bridgehead atoms. The average molecular weight is 261 g/mol. The van der Waals surface area contributed by atoms with Crippen molar-refractivity contribution < 1.29 is 5.11 Å². The molecule has 0 spiro atoms. The molecule has 0 saturated heterocycles. The lowest BCUT2D eigenvalue weighted by molar-refractivity contribution is 0.141. The maximum atomic E-state index is 10.4. The number of hydrogen-bond acceptors (Lipinski definition) is 2. The van der Waals surface area contributed by atoms with Gasteiger partial charge in [0.1, 0.15) is 0 Å². The second-order valence-electron chi connectivity index (χ2n) is 5.85. The van der Waals surface area contributed by atoms with Crippen molar-refractivity contribution in [2.24, 2.45) is 5.92 Å². The first-order valence-corrected chi connectivity index (χ1v) is 7.67. The predicted octanol–water partition coefficient (Wildman–Crippen LogP) is 3.93. The predicted molar refractivity (Wildman–Crippen MR) is 81.7 cm³/mol. The molecule has 1 atom stereocenters. The number of nitrogens with zero attached hydrogens (tertiary/aromatic N) is 1. The van der Waals surface area contributed by atoms with Gasteiger partial charge in [-0.05, 0) is 42.4 Å². The van der Waals surface area contributed by atoms with Crippen molar-refractivity contribution in [2.75, 3.05) is 18.5 Å². The fourth-order valence-electron chi connectivity index (χ4n) is 3.09. The van der Waals surface area contributed by atoms with E-state index >= 15 is 0 Å². The van der Waals surface area contributed by atoms with Crippen LogP contribution >= 0.6 is 0 Å². The van der Waals surface area contributed by atoms with Crippen molar-refractivity contribution in [3.05, 3.63) is 29.3 Å². The fourth-order valence-corrected chi connectivity index (χ4v) is 3.09. The highest BCUT2D eigenvalue weighted by atomic mass is 16.3. The molecule has 0 amide bonds. The lowest BCUT2D eigenvalue weighted by Crippen LogP contribution is -2.24. The number of fused-ring (bicyclic) bond motifs is 1. The standard InChI is InChI=1S/C17H27NO/c1-4-13(5-2)11-17(19)15-8-9-16-14(12-15)7-6-10-18(16)3/h8-9,12-13,17,19H,4-7,10-11H2,1-3H3. The van der Waals surface area contributed by atoms with Gasteiger partial charge in [-0.2, -0.15) is 0 Å². The molecule has 0 aliphatic carbocycles. The first kappa shape index (κ1) is 14.4. The fraction of sp³-hybridized carbons (Fsp3) is 0.647. The van der Waals surface area contributed by atoms with E-state index in [0.29, 0.717) is 5.92 Å². The van der Waals surface area contributed by atoms with Crippen LogP contribution in [0, 0.1) is 5.92 Å². The molecule has 0 radical (unpaired) electrons. The summed E-state index contributed by atoms with van der Waals surface area (Å²) in [7, 11) is 2.15. The van der Waals surface area contributed by atoms with Gasteiger partial charge in [-0.3, -0.25) is 0 Å². The van der Waals surface area contributed by atoms with Crippen LogP contribution in [0.3, 0.4) is 0 Å². The molecule has 2 nitrogen and oxygen atoms in total. The zero-order chi connectivity index (χ0) is 13.8. The van der Waals surface area contributed by atoms with E-state index in [9.17, 15) is 5.11 Å². The zero-order valence-corrected chi connectivity index (χ0v) is 12.5. The lowest BCUT2D eigenvalue weighted by atomic mass is 9.91. The van der Waals surface area contributed by atoms with E-state index in [1.54, 1.807) is 0 Å². The SMILES string of the molecule is CCC(CC)CC(O)c1ccc2c(c1)CCCN2C. The summed E-state index contributed by atoms with van der Waals surface area (Å²) in [6.45, 7) is 5.56. The van der Waals surface area contributed by atoms with Crippen LogP contribution in [0.25, 0.3) is 0 Å². The van der Waals surface area contributed by atoms with Gasteiger partial charge >= 0.3 is 0 Å². The normalized spacial score (nSPS) is 16.6. The highest BCUT2D eigenvalue weighted by molar-refractivity contribution is 5.56. The molecule has 1 aliphatic rings. The first-order valence-electron chi connectivity index (χ1n) is 7.67. The molecule has 1 unspecified atom stereocenters. The summed E-state index contributed by atoms with van der Waals surface area (Å²) >= 11 is 0. The molecule has 2 heteroatoms. The van der Waals surface area contributed by atoms with E-state index in [1.807, 2.05) is 0 Å². The van der Waals surface area contributed by atoms with Gasteiger partial charge in [-0.25, -0.2) is 0 Å². The van der Waals surface area contributed by atoms with Crippen LogP contribution in [0.4, 0.5) is 5.69 Å². The van der Waals surface area contributed by atoms with Crippen molar-refractivity contribution in [3.63, 3.8) is 0 Å². The molecular weight excluding hydrogens is 234 g/mol. The number of benzene rings is 1. The molecule has 1 heterocycles. The third kappa shape index (κ3) is 3.30. The number of aryl methyl sites for hydroxylation is 1. The van der Waals surface area contributed by atoms with Gasteiger partial charge in [-0.15, -0.1) is 0 Å². The third-order valence-electron chi connectivity index (χ3n) is 4.55. The monoisotopic (exact) mass is 261 g/mol. The molecule has 1 aromatic rings. The van der Waals surface area contributed by atoms with Crippen molar-refractivity contribution >= 4 is 5.69 Å². The summed E-state index contributed by atoms with van der Waals surface area (Å²) in [6, 6.07) is 6.51. The van der Waals surface area contributed by atoms with Gasteiger partial charge in [-0.1, -0.05) is 38.8 Å². The molecule has 1 aliphatic heterocycles. The van der Waals surface area contributed by atoms with Crippen LogP contribution in [-0.2, 0) is 6.42 Å². The Morgan fingerprint density at radius 3 is 2.68 bits per heavy atom. The van der Waals surface area contributed by atoms with Crippen molar-refractivity contribution in [1.82, 2.24) is 0 Å². The average Bonchev–Trinajstić information content (AvgIpc) is 2.44. The minimum Gasteiger partial charge on any atom is -0.388 e. The summed E-state index contributed by atoms with van der Waals surface area (Å²) in [5, 5.41) is 10.4. The van der Waals surface area contributed by atoms with Gasteiger partial charge in [0.2, 0.25) is 0 Å².